The van der Waals surface area contributed by atoms with Crippen LogP contribution < -0.4 is 0 Å². The Morgan fingerprint density at radius 2 is 1.69 bits per heavy atom. The van der Waals surface area contributed by atoms with Crippen molar-refractivity contribution in [1.29, 1.82) is 0 Å². The van der Waals surface area contributed by atoms with E-state index in [1.165, 1.54) is 62.7 Å². The van der Waals surface area contributed by atoms with E-state index in [1.807, 2.05) is 19.9 Å². The Balaban J connectivity index is 0.000000239. The van der Waals surface area contributed by atoms with Crippen molar-refractivity contribution in [3.05, 3.63) is 39.9 Å². The molecule has 3 nitrogen and oxygen atoms in total. The third kappa shape index (κ3) is 9.84. The maximum atomic E-state index is 10.2. The molecule has 0 amide bonds. The van der Waals surface area contributed by atoms with Crippen molar-refractivity contribution in [3.63, 3.8) is 0 Å². The number of benzene rings is 1. The van der Waals surface area contributed by atoms with Gasteiger partial charge in [-0.2, -0.15) is 0 Å². The Morgan fingerprint density at radius 3 is 2.35 bits per heavy atom. The lowest BCUT2D eigenvalue weighted by Crippen LogP contribution is -2.50. The highest BCUT2D eigenvalue weighted by atomic mass is 35.5. The van der Waals surface area contributed by atoms with Crippen LogP contribution in [0.2, 0.25) is 10.0 Å². The van der Waals surface area contributed by atoms with E-state index in [9.17, 15) is 5.11 Å². The van der Waals surface area contributed by atoms with Gasteiger partial charge in [-0.25, -0.2) is 0 Å². The summed E-state index contributed by atoms with van der Waals surface area (Å²) in [5, 5.41) is 12.3. The van der Waals surface area contributed by atoms with Gasteiger partial charge in [0.1, 0.15) is 0 Å². The summed E-state index contributed by atoms with van der Waals surface area (Å²) in [6.45, 7) is 20.0. The summed E-state index contributed by atoms with van der Waals surface area (Å²) in [6, 6.07) is 5.41. The summed E-state index contributed by atoms with van der Waals surface area (Å²) in [4.78, 5) is 0.941. The third-order valence-corrected chi connectivity index (χ3v) is 20.7. The van der Waals surface area contributed by atoms with Crippen molar-refractivity contribution in [2.24, 2.45) is 52.3 Å². The molecule has 0 unspecified atom stereocenters. The van der Waals surface area contributed by atoms with E-state index in [4.69, 9.17) is 44.1 Å². The quantitative estimate of drug-likeness (QED) is 0.0931. The standard InChI is InChI=1S/C28H48O.C11H15Cl2O2PS3/c1-18(2)19(3)7-8-20(4)24-11-12-25-23-10-9-21-17-22(29)13-15-27(21,5)26(23)14-16-28(24,25)6;1-3-14-16(17,15-4-2)19-8-18-11-7-9(12)5-6-10(11)13/h9,18-20,22-26,29H,7-8,10-17H2,1-6H3;5-7H,3-4,8H2,1-2H3/t19-,20-,22+,23+,24-,25+,26+,27+,28-;/m1./s1. The predicted molar refractivity (Wildman–Crippen MR) is 216 cm³/mol. The monoisotopic (exact) mass is 776 g/mol. The molecule has 48 heavy (non-hydrogen) atoms. The fourth-order valence-corrected chi connectivity index (χ4v) is 17.4. The van der Waals surface area contributed by atoms with Gasteiger partial charge >= 0.3 is 0 Å². The van der Waals surface area contributed by atoms with Gasteiger partial charge in [0.25, 0.3) is 0 Å². The van der Waals surface area contributed by atoms with Gasteiger partial charge in [0, 0.05) is 9.92 Å². The average molecular weight is 778 g/mol. The predicted octanol–water partition coefficient (Wildman–Crippen LogP) is 13.7. The van der Waals surface area contributed by atoms with Crippen molar-refractivity contribution in [2.45, 2.75) is 131 Å². The summed E-state index contributed by atoms with van der Waals surface area (Å²) >= 11 is 20.6. The maximum absolute atomic E-state index is 10.2. The van der Waals surface area contributed by atoms with Crippen LogP contribution in [0.25, 0.3) is 0 Å². The van der Waals surface area contributed by atoms with Crippen LogP contribution in [0.15, 0.2) is 34.7 Å². The van der Waals surface area contributed by atoms with Crippen LogP contribution in [-0.2, 0) is 20.9 Å². The average Bonchev–Trinajstić information content (AvgIpc) is 3.39. The molecule has 0 aliphatic heterocycles. The smallest absolute Gasteiger partial charge is 0.248 e. The van der Waals surface area contributed by atoms with E-state index in [0.717, 1.165) is 64.2 Å². The van der Waals surface area contributed by atoms with Crippen LogP contribution in [0, 0.1) is 52.3 Å². The Morgan fingerprint density at radius 1 is 0.979 bits per heavy atom. The minimum Gasteiger partial charge on any atom is -0.393 e. The summed E-state index contributed by atoms with van der Waals surface area (Å²) in [7, 11) is 0. The lowest BCUT2D eigenvalue weighted by atomic mass is 9.47. The molecule has 3 saturated carbocycles. The topological polar surface area (TPSA) is 38.7 Å². The zero-order valence-electron chi connectivity index (χ0n) is 30.8. The van der Waals surface area contributed by atoms with Crippen LogP contribution in [0.1, 0.15) is 120 Å². The number of halogens is 2. The van der Waals surface area contributed by atoms with Crippen molar-refractivity contribution in [2.75, 3.05) is 18.3 Å². The molecular formula is C39H63Cl2O3PS3. The van der Waals surface area contributed by atoms with Gasteiger partial charge in [0.2, 0.25) is 5.69 Å². The van der Waals surface area contributed by atoms with E-state index in [0.29, 0.717) is 34.1 Å². The molecule has 0 aromatic heterocycles. The zero-order valence-corrected chi connectivity index (χ0v) is 35.7. The fourth-order valence-electron chi connectivity index (χ4n) is 9.85. The largest absolute Gasteiger partial charge is 0.393 e. The van der Waals surface area contributed by atoms with Crippen LogP contribution in [0.4, 0.5) is 0 Å². The first-order valence-corrected chi connectivity index (χ1v) is 24.6. The second kappa shape index (κ2) is 18.2. The Hall–Kier alpha value is 0.770. The molecule has 4 aliphatic rings. The number of fused-ring (bicyclic) bond motifs is 5. The minimum absolute atomic E-state index is 0.0790. The molecular weight excluding hydrogens is 715 g/mol. The lowest BCUT2D eigenvalue weighted by Gasteiger charge is -2.58. The van der Waals surface area contributed by atoms with Gasteiger partial charge in [-0.3, -0.25) is 0 Å². The lowest BCUT2D eigenvalue weighted by molar-refractivity contribution is -0.0574. The molecule has 274 valence electrons. The molecule has 9 heteroatoms. The highest BCUT2D eigenvalue weighted by Gasteiger charge is 2.59. The zero-order chi connectivity index (χ0) is 35.3. The SMILES string of the molecule is CC(C)[C@H](C)CC[C@@H](C)[C@H]1CC[C@H]2[C@@H]3CC=C4C[C@@H](O)CC[C@]4(C)[C@H]3CC[C@]12C.CCOP(=S)(OCC)SCSc1cc(Cl)ccc1Cl. The summed E-state index contributed by atoms with van der Waals surface area (Å²) in [5.74, 6) is 6.24. The van der Waals surface area contributed by atoms with E-state index in [2.05, 4.69) is 47.6 Å². The molecule has 0 saturated heterocycles. The molecule has 0 heterocycles. The van der Waals surface area contributed by atoms with Crippen molar-refractivity contribution in [3.8, 4) is 0 Å². The number of aliphatic hydroxyl groups is 1. The molecule has 0 bridgehead atoms. The fraction of sp³-hybridized carbons (Fsp3) is 0.795. The van der Waals surface area contributed by atoms with Gasteiger partial charge in [-0.1, -0.05) is 101 Å². The Kier molecular flexibility index (Phi) is 15.7. The summed E-state index contributed by atoms with van der Waals surface area (Å²) in [5.41, 5.74) is 0.357. The molecule has 1 aromatic carbocycles. The first kappa shape index (κ1) is 41.5. The number of aliphatic hydroxyl groups excluding tert-OH is 1. The van der Waals surface area contributed by atoms with Crippen LogP contribution in [0.3, 0.4) is 0 Å². The van der Waals surface area contributed by atoms with E-state index < -0.39 is 5.69 Å². The van der Waals surface area contributed by atoms with Crippen LogP contribution in [0.5, 0.6) is 0 Å². The van der Waals surface area contributed by atoms with Crippen LogP contribution in [-0.4, -0.2) is 29.5 Å². The molecule has 0 spiro atoms. The highest BCUT2D eigenvalue weighted by Crippen LogP contribution is 2.67. The van der Waals surface area contributed by atoms with Crippen molar-refractivity contribution >= 4 is 63.8 Å². The second-order valence-electron chi connectivity index (χ2n) is 15.9. The molecule has 3 fully saturated rings. The molecule has 1 N–H and O–H groups in total. The van der Waals surface area contributed by atoms with Gasteiger partial charge in [0.05, 0.1) is 29.4 Å². The Bertz CT molecular complexity index is 1270. The van der Waals surface area contributed by atoms with Gasteiger partial charge in [0.15, 0.2) is 0 Å². The van der Waals surface area contributed by atoms with Crippen LogP contribution >= 0.6 is 52.0 Å². The number of allylic oxidation sites excluding steroid dienone is 1. The molecule has 5 rings (SSSR count). The second-order valence-corrected chi connectivity index (χ2v) is 24.4. The molecule has 0 radical (unpaired) electrons. The van der Waals surface area contributed by atoms with Gasteiger partial charge in [-0.15, -0.1) is 11.8 Å². The first-order chi connectivity index (χ1) is 22.7. The molecule has 9 atom stereocenters. The third-order valence-electron chi connectivity index (χ3n) is 12.9. The Labute approximate surface area is 317 Å². The maximum Gasteiger partial charge on any atom is 0.248 e. The number of thioether (sulfide) groups is 1. The molecule has 1 aromatic rings. The van der Waals surface area contributed by atoms with E-state index in [1.54, 1.807) is 29.5 Å². The summed E-state index contributed by atoms with van der Waals surface area (Å²) < 4.78 is 11.1. The minimum atomic E-state index is -2.23. The van der Waals surface area contributed by atoms with Gasteiger partial charge in [-0.05, 0) is 147 Å². The normalized spacial score (nSPS) is 32.8. The number of hydrogen-bond donors (Lipinski definition) is 1. The van der Waals surface area contributed by atoms with Gasteiger partial charge < -0.3 is 14.2 Å². The first-order valence-electron chi connectivity index (χ1n) is 18.7. The van der Waals surface area contributed by atoms with Crippen molar-refractivity contribution < 1.29 is 14.2 Å². The van der Waals surface area contributed by atoms with Crippen molar-refractivity contribution in [1.82, 2.24) is 0 Å². The number of rotatable bonds is 13. The molecule has 4 aliphatic carbocycles. The van der Waals surface area contributed by atoms with E-state index >= 15 is 0 Å². The summed E-state index contributed by atoms with van der Waals surface area (Å²) in [6.07, 6.45) is 15.7. The highest BCUT2D eigenvalue weighted by molar-refractivity contribution is 8.69. The van der Waals surface area contributed by atoms with E-state index in [-0.39, 0.29) is 6.10 Å². The number of hydrogen-bond acceptors (Lipinski definition) is 6.